The minimum Gasteiger partial charge on any atom is -0.258 e. The summed E-state index contributed by atoms with van der Waals surface area (Å²) < 4.78 is 1.51. The van der Waals surface area contributed by atoms with Gasteiger partial charge in [-0.05, 0) is 6.07 Å². The third-order valence-electron chi connectivity index (χ3n) is 2.33. The lowest BCUT2D eigenvalue weighted by Crippen LogP contribution is -1.99. The first-order valence-electron chi connectivity index (χ1n) is 5.23. The normalized spacial score (nSPS) is 10.9. The van der Waals surface area contributed by atoms with Crippen LogP contribution in [0.1, 0.15) is 5.56 Å². The quantitative estimate of drug-likeness (QED) is 0.495. The predicted octanol–water partition coefficient (Wildman–Crippen LogP) is 3.19. The molecule has 0 N–H and O–H groups in total. The van der Waals surface area contributed by atoms with Crippen molar-refractivity contribution in [2.24, 2.45) is 0 Å². The molecule has 0 aliphatic heterocycles. The van der Waals surface area contributed by atoms with Gasteiger partial charge in [0, 0.05) is 23.2 Å². The summed E-state index contributed by atoms with van der Waals surface area (Å²) in [6, 6.07) is 6.52. The van der Waals surface area contributed by atoms with Crippen molar-refractivity contribution in [3.8, 4) is 5.69 Å². The number of halogens is 1. The fraction of sp³-hybridized carbons (Fsp3) is 0.0833. The van der Waals surface area contributed by atoms with Crippen molar-refractivity contribution in [1.82, 2.24) is 9.78 Å². The molecule has 1 aromatic heterocycles. The molecular weight excluding hydrogens is 298 g/mol. The number of nitrogens with zero attached hydrogens (tertiary/aromatic N) is 3. The van der Waals surface area contributed by atoms with E-state index in [1.807, 2.05) is 12.2 Å². The van der Waals surface area contributed by atoms with Crippen molar-refractivity contribution < 1.29 is 4.92 Å². The maximum atomic E-state index is 10.9. The minimum absolute atomic E-state index is 0.0385. The van der Waals surface area contributed by atoms with E-state index in [0.29, 0.717) is 5.69 Å². The summed E-state index contributed by atoms with van der Waals surface area (Å²) in [7, 11) is 0. The first-order chi connectivity index (χ1) is 8.72. The van der Waals surface area contributed by atoms with Crippen molar-refractivity contribution in [3.63, 3.8) is 0 Å². The van der Waals surface area contributed by atoms with Gasteiger partial charge < -0.3 is 0 Å². The Morgan fingerprint density at radius 3 is 2.94 bits per heavy atom. The van der Waals surface area contributed by atoms with E-state index in [0.717, 1.165) is 10.9 Å². The van der Waals surface area contributed by atoms with Gasteiger partial charge in [-0.3, -0.25) is 10.1 Å². The molecule has 1 heterocycles. The summed E-state index contributed by atoms with van der Waals surface area (Å²) in [5, 5.41) is 15.8. The number of aromatic nitrogens is 2. The molecule has 0 radical (unpaired) electrons. The molecule has 0 unspecified atom stereocenters. The zero-order valence-electron chi connectivity index (χ0n) is 9.36. The molecule has 0 saturated heterocycles. The number of hydrogen-bond acceptors (Lipinski definition) is 3. The molecular formula is C12H10BrN3O2. The van der Waals surface area contributed by atoms with Crippen LogP contribution in [0, 0.1) is 10.1 Å². The van der Waals surface area contributed by atoms with Crippen LogP contribution in [-0.2, 0) is 0 Å². The third kappa shape index (κ3) is 2.65. The van der Waals surface area contributed by atoms with Crippen molar-refractivity contribution in [2.45, 2.75) is 0 Å². The monoisotopic (exact) mass is 307 g/mol. The number of allylic oxidation sites excluding steroid dienone is 1. The molecule has 2 rings (SSSR count). The number of hydrogen-bond donors (Lipinski definition) is 0. The van der Waals surface area contributed by atoms with Crippen molar-refractivity contribution in [2.75, 3.05) is 5.33 Å². The smallest absolute Gasteiger partial charge is 0.258 e. The second-order valence-corrected chi connectivity index (χ2v) is 4.17. The number of benzene rings is 1. The number of nitro benzene ring substituents is 1. The standard InChI is InChI=1S/C12H10BrN3O2/c13-7-3-4-10-8-14-15(9-10)11-5-1-2-6-12(11)16(17)18/h1-6,8-9H,7H2. The number of alkyl halides is 1. The Balaban J connectivity index is 2.40. The van der Waals surface area contributed by atoms with Gasteiger partial charge in [-0.1, -0.05) is 40.2 Å². The maximum Gasteiger partial charge on any atom is 0.294 e. The molecule has 0 bridgehead atoms. The Labute approximate surface area is 112 Å². The highest BCUT2D eigenvalue weighted by molar-refractivity contribution is 9.09. The zero-order valence-corrected chi connectivity index (χ0v) is 10.9. The Kier molecular flexibility index (Phi) is 3.88. The van der Waals surface area contributed by atoms with Crippen molar-refractivity contribution >= 4 is 27.7 Å². The molecule has 92 valence electrons. The minimum atomic E-state index is -0.412. The summed E-state index contributed by atoms with van der Waals surface area (Å²) in [5.41, 5.74) is 1.39. The molecule has 6 heteroatoms. The van der Waals surface area contributed by atoms with Crippen LogP contribution in [-0.4, -0.2) is 20.0 Å². The van der Waals surface area contributed by atoms with Gasteiger partial charge in [0.1, 0.15) is 5.69 Å². The fourth-order valence-corrected chi connectivity index (χ4v) is 1.73. The first-order valence-corrected chi connectivity index (χ1v) is 6.35. The van der Waals surface area contributed by atoms with Gasteiger partial charge in [-0.2, -0.15) is 5.10 Å². The molecule has 5 nitrogen and oxygen atoms in total. The Hall–Kier alpha value is -1.95. The van der Waals surface area contributed by atoms with E-state index >= 15 is 0 Å². The largest absolute Gasteiger partial charge is 0.294 e. The van der Waals surface area contributed by atoms with Crippen LogP contribution in [0.15, 0.2) is 42.7 Å². The highest BCUT2D eigenvalue weighted by atomic mass is 79.9. The SMILES string of the molecule is O=[N+]([O-])c1ccccc1-n1cc(C=CCBr)cn1. The number of nitro groups is 1. The van der Waals surface area contributed by atoms with E-state index in [1.54, 1.807) is 30.6 Å². The molecule has 0 atom stereocenters. The van der Waals surface area contributed by atoms with Crippen molar-refractivity contribution in [1.29, 1.82) is 0 Å². The van der Waals surface area contributed by atoms with Crippen LogP contribution in [0.25, 0.3) is 11.8 Å². The van der Waals surface area contributed by atoms with E-state index in [2.05, 4.69) is 21.0 Å². The van der Waals surface area contributed by atoms with Crippen LogP contribution >= 0.6 is 15.9 Å². The predicted molar refractivity (Wildman–Crippen MR) is 73.0 cm³/mol. The van der Waals surface area contributed by atoms with Gasteiger partial charge in [-0.15, -0.1) is 0 Å². The lowest BCUT2D eigenvalue weighted by Gasteiger charge is -2.01. The van der Waals surface area contributed by atoms with Crippen molar-refractivity contribution in [3.05, 3.63) is 58.4 Å². The van der Waals surface area contributed by atoms with Gasteiger partial charge in [0.25, 0.3) is 5.69 Å². The van der Waals surface area contributed by atoms with Crippen LogP contribution in [0.5, 0.6) is 0 Å². The Morgan fingerprint density at radius 1 is 1.44 bits per heavy atom. The van der Waals surface area contributed by atoms with Crippen LogP contribution < -0.4 is 0 Å². The average Bonchev–Trinajstić information content (AvgIpc) is 2.85. The third-order valence-corrected chi connectivity index (χ3v) is 2.70. The van der Waals surface area contributed by atoms with E-state index in [9.17, 15) is 10.1 Å². The lowest BCUT2D eigenvalue weighted by atomic mass is 10.2. The Bertz CT molecular complexity index is 593. The lowest BCUT2D eigenvalue weighted by molar-refractivity contribution is -0.384. The highest BCUT2D eigenvalue weighted by Crippen LogP contribution is 2.21. The van der Waals surface area contributed by atoms with Gasteiger partial charge in [-0.25, -0.2) is 4.68 Å². The summed E-state index contributed by atoms with van der Waals surface area (Å²) in [6.07, 6.45) is 7.24. The van der Waals surface area contributed by atoms with Gasteiger partial charge in [0.2, 0.25) is 0 Å². The molecule has 0 aliphatic rings. The van der Waals surface area contributed by atoms with Crippen LogP contribution in [0.3, 0.4) is 0 Å². The second kappa shape index (κ2) is 5.59. The zero-order chi connectivity index (χ0) is 13.0. The molecule has 2 aromatic rings. The first kappa shape index (κ1) is 12.5. The van der Waals surface area contributed by atoms with E-state index < -0.39 is 4.92 Å². The Morgan fingerprint density at radius 2 is 2.22 bits per heavy atom. The molecule has 0 spiro atoms. The van der Waals surface area contributed by atoms with Gasteiger partial charge >= 0.3 is 0 Å². The summed E-state index contributed by atoms with van der Waals surface area (Å²) in [5.74, 6) is 0. The van der Waals surface area contributed by atoms with Crippen LogP contribution in [0.4, 0.5) is 5.69 Å². The molecule has 0 saturated carbocycles. The summed E-state index contributed by atoms with van der Waals surface area (Å²) in [4.78, 5) is 10.5. The highest BCUT2D eigenvalue weighted by Gasteiger charge is 2.14. The number of rotatable bonds is 4. The molecule has 0 aliphatic carbocycles. The van der Waals surface area contributed by atoms with Gasteiger partial charge in [0.15, 0.2) is 0 Å². The van der Waals surface area contributed by atoms with E-state index in [4.69, 9.17) is 0 Å². The molecule has 0 amide bonds. The molecule has 0 fully saturated rings. The summed E-state index contributed by atoms with van der Waals surface area (Å²) >= 11 is 3.29. The fourth-order valence-electron chi connectivity index (χ4n) is 1.55. The topological polar surface area (TPSA) is 61.0 Å². The van der Waals surface area contributed by atoms with Gasteiger partial charge in [0.05, 0.1) is 11.1 Å². The number of para-hydroxylation sites is 2. The summed E-state index contributed by atoms with van der Waals surface area (Å²) in [6.45, 7) is 0. The van der Waals surface area contributed by atoms with E-state index in [-0.39, 0.29) is 5.69 Å². The molecule has 18 heavy (non-hydrogen) atoms. The second-order valence-electron chi connectivity index (χ2n) is 3.52. The maximum absolute atomic E-state index is 10.9. The van der Waals surface area contributed by atoms with E-state index in [1.165, 1.54) is 10.7 Å². The average molecular weight is 308 g/mol. The molecule has 1 aromatic carbocycles. The van der Waals surface area contributed by atoms with Crippen LogP contribution in [0.2, 0.25) is 0 Å².